The van der Waals surface area contributed by atoms with Crippen LogP contribution < -0.4 is 0 Å². The van der Waals surface area contributed by atoms with E-state index in [2.05, 4.69) is 93.7 Å². The Balaban J connectivity index is 2.80. The Morgan fingerprint density at radius 2 is 1.67 bits per heavy atom. The summed E-state index contributed by atoms with van der Waals surface area (Å²) in [6.07, 6.45) is 0. The lowest BCUT2D eigenvalue weighted by molar-refractivity contribution is 0.310. The number of halogens is 6. The average molecular weight is 592 g/mol. The Hall–Kier alpha value is 3.27. The third-order valence-corrected chi connectivity index (χ3v) is 47.6. The van der Waals surface area contributed by atoms with E-state index in [0.717, 1.165) is 0 Å². The Morgan fingerprint density at radius 1 is 1.17 bits per heavy atom. The quantitative estimate of drug-likeness (QED) is 0.237. The van der Waals surface area contributed by atoms with Crippen molar-refractivity contribution in [2.24, 2.45) is 0 Å². The molecule has 1 aliphatic heterocycles. The van der Waals surface area contributed by atoms with Crippen LogP contribution in [0.5, 0.6) is 0 Å². The molecule has 0 aromatic rings. The van der Waals surface area contributed by atoms with Crippen LogP contribution >= 0.6 is 93.7 Å². The summed E-state index contributed by atoms with van der Waals surface area (Å²) in [5.74, 6) is 0. The van der Waals surface area contributed by atoms with E-state index in [1.807, 2.05) is 0 Å². The zero-order valence-electron chi connectivity index (χ0n) is 5.49. The molecule has 0 N–H and O–H groups in total. The highest BCUT2D eigenvalue weighted by Crippen LogP contribution is 2.45. The monoisotopic (exact) mass is 585 g/mol. The fourth-order valence-corrected chi connectivity index (χ4v) is 24.8. The molecule has 0 aromatic heterocycles. The largest absolute Gasteiger partial charge is 0.396 e. The highest BCUT2D eigenvalue weighted by atomic mass is 79.9. The maximum atomic E-state index is 5.75. The maximum absolute atomic E-state index is 5.75. The third kappa shape index (κ3) is 2.69. The van der Waals surface area contributed by atoms with Gasteiger partial charge in [0.15, 0.2) is 0 Å². The predicted octanol–water partition coefficient (Wildman–Crippen LogP) is 3.73. The van der Waals surface area contributed by atoms with Gasteiger partial charge in [0.05, 0.1) is 4.83 Å². The first-order valence-electron chi connectivity index (χ1n) is 2.97. The molecule has 1 heterocycles. The van der Waals surface area contributed by atoms with Gasteiger partial charge in [0, 0.05) is 4.45 Å². The maximum Gasteiger partial charge on any atom is 0.261 e. The molecule has 1 saturated heterocycles. The van der Waals surface area contributed by atoms with Gasteiger partial charge in [-0.3, -0.25) is 0 Å². The molecule has 1 fully saturated rings. The van der Waals surface area contributed by atoms with Crippen LogP contribution in [0.15, 0.2) is 0 Å². The third-order valence-electron chi connectivity index (χ3n) is 1.45. The first-order chi connectivity index (χ1) is 5.37. The van der Waals surface area contributed by atoms with E-state index in [0.29, 0.717) is 9.28 Å². The van der Waals surface area contributed by atoms with Crippen LogP contribution in [0.2, 0.25) is 0 Å². The summed E-state index contributed by atoms with van der Waals surface area (Å²) in [4.78, 5) is -1.31. The lowest BCUT2D eigenvalue weighted by atomic mass is 10.5. The Kier molecular flexibility index (Phi) is 5.63. The van der Waals surface area contributed by atoms with Crippen LogP contribution in [0.1, 0.15) is 0 Å². The van der Waals surface area contributed by atoms with Crippen LogP contribution in [-0.2, 0) is 4.43 Å². The average Bonchev–Trinajstić information content (AvgIpc) is 1.99. The van der Waals surface area contributed by atoms with Gasteiger partial charge in [0.2, 0.25) is 4.83 Å². The molecule has 4 atom stereocenters. The van der Waals surface area contributed by atoms with Gasteiger partial charge in [0.1, 0.15) is 5.01 Å². The zero-order valence-corrected chi connectivity index (χ0v) is 17.2. The molecule has 0 amide bonds. The summed E-state index contributed by atoms with van der Waals surface area (Å²) in [6, 6.07) is 0. The molecule has 4 unspecified atom stereocenters. The van der Waals surface area contributed by atoms with Crippen molar-refractivity contribution in [1.29, 1.82) is 0 Å². The number of hydrogen-bond acceptors (Lipinski definition) is 1. The van der Waals surface area contributed by atoms with E-state index in [-0.39, 0.29) is 5.01 Å². The first-order valence-corrected chi connectivity index (χ1v) is 17.8. The van der Waals surface area contributed by atoms with Crippen molar-refractivity contribution in [3.63, 3.8) is 0 Å². The van der Waals surface area contributed by atoms with Crippen molar-refractivity contribution < 1.29 is 4.43 Å². The standard InChI is InChI=1S/C3H4Br6OSi2/c4-1-2(5)10-11(7)12(8,9)3(1)6/h1-3,11H. The molecular weight excluding hydrogens is 588 g/mol. The van der Waals surface area contributed by atoms with Gasteiger partial charge in [-0.05, 0) is 0 Å². The Labute approximate surface area is 122 Å². The second-order valence-electron chi connectivity index (χ2n) is 2.32. The highest BCUT2D eigenvalue weighted by molar-refractivity contribution is 9.57. The van der Waals surface area contributed by atoms with Crippen molar-refractivity contribution in [3.8, 4) is 0 Å². The summed E-state index contributed by atoms with van der Waals surface area (Å²) in [6.45, 7) is 0. The van der Waals surface area contributed by atoms with Crippen LogP contribution in [-0.4, -0.2) is 26.3 Å². The van der Waals surface area contributed by atoms with E-state index >= 15 is 0 Å². The summed E-state index contributed by atoms with van der Waals surface area (Å²) in [5, 5.41) is 0.0913. The lowest BCUT2D eigenvalue weighted by Crippen LogP contribution is -2.58. The van der Waals surface area contributed by atoms with Crippen LogP contribution in [0.3, 0.4) is 0 Å². The molecule has 0 aliphatic carbocycles. The molecule has 9 heteroatoms. The van der Waals surface area contributed by atoms with Gasteiger partial charge >= 0.3 is 0 Å². The van der Waals surface area contributed by atoms with E-state index in [4.69, 9.17) is 4.43 Å². The predicted molar refractivity (Wildman–Crippen MR) is 78.9 cm³/mol. The molecule has 0 spiro atoms. The smallest absolute Gasteiger partial charge is 0.261 e. The molecule has 12 heavy (non-hydrogen) atoms. The van der Waals surface area contributed by atoms with Gasteiger partial charge in [-0.1, -0.05) is 63.1 Å². The molecule has 1 rings (SSSR count). The summed E-state index contributed by atoms with van der Waals surface area (Å²) in [7, 11) is -1.30. The van der Waals surface area contributed by atoms with Crippen LogP contribution in [0, 0.1) is 0 Å². The fraction of sp³-hybridized carbons (Fsp3) is 1.00. The second kappa shape index (κ2) is 5.07. The Morgan fingerprint density at radius 3 is 2.17 bits per heavy atom. The van der Waals surface area contributed by atoms with Crippen molar-refractivity contribution >= 4 is 106 Å². The molecular formula is C3H4Br6OSi2. The topological polar surface area (TPSA) is 9.23 Å². The molecule has 1 aliphatic rings. The molecule has 0 aromatic carbocycles. The van der Waals surface area contributed by atoms with Gasteiger partial charge in [0.25, 0.3) is 7.18 Å². The molecule has 1 nitrogen and oxygen atoms in total. The van der Waals surface area contributed by atoms with Crippen molar-refractivity contribution in [3.05, 3.63) is 0 Å². The summed E-state index contributed by atoms with van der Waals surface area (Å²) in [5.41, 5.74) is 0. The minimum absolute atomic E-state index is 0.0913. The number of rotatable bonds is 0. The fourth-order valence-electron chi connectivity index (χ4n) is 0.750. The van der Waals surface area contributed by atoms with E-state index < -0.39 is 12.0 Å². The van der Waals surface area contributed by atoms with Gasteiger partial charge in [-0.25, -0.2) is 0 Å². The Bertz CT molecular complexity index is 178. The van der Waals surface area contributed by atoms with Gasteiger partial charge in [-0.15, -0.1) is 30.6 Å². The minimum atomic E-state index is -1.60. The molecule has 72 valence electrons. The van der Waals surface area contributed by atoms with E-state index in [1.54, 1.807) is 0 Å². The van der Waals surface area contributed by atoms with Gasteiger partial charge in [-0.2, -0.15) is 0 Å². The molecule has 0 radical (unpaired) electrons. The van der Waals surface area contributed by atoms with Crippen LogP contribution in [0.25, 0.3) is 0 Å². The van der Waals surface area contributed by atoms with Crippen molar-refractivity contribution in [1.82, 2.24) is 0 Å². The summed E-state index contributed by atoms with van der Waals surface area (Å²) >= 11 is 21.8. The van der Waals surface area contributed by atoms with E-state index in [1.165, 1.54) is 0 Å². The number of alkyl halides is 3. The highest BCUT2D eigenvalue weighted by Gasteiger charge is 2.54. The van der Waals surface area contributed by atoms with E-state index in [9.17, 15) is 0 Å². The minimum Gasteiger partial charge on any atom is -0.396 e. The van der Waals surface area contributed by atoms with Crippen LogP contribution in [0.4, 0.5) is 0 Å². The SMILES string of the molecule is BrC1O[SiH](Br)[Si](Br)(Br)C(Br)C1Br. The molecule has 0 saturated carbocycles. The summed E-state index contributed by atoms with van der Waals surface area (Å²) < 4.78 is 6.16. The first kappa shape index (κ1) is 13.3. The number of hydrogen-bond donors (Lipinski definition) is 0. The van der Waals surface area contributed by atoms with Crippen molar-refractivity contribution in [2.45, 2.75) is 14.3 Å². The molecule has 0 bridgehead atoms. The normalized spacial score (nSPS) is 47.5. The zero-order chi connectivity index (χ0) is 9.52. The van der Waals surface area contributed by atoms with Crippen molar-refractivity contribution in [2.75, 3.05) is 0 Å². The lowest BCUT2D eigenvalue weighted by Gasteiger charge is -2.39. The second-order valence-corrected chi connectivity index (χ2v) is 34.5. The van der Waals surface area contributed by atoms with Gasteiger partial charge < -0.3 is 4.43 Å².